The Labute approximate surface area is 113 Å². The predicted octanol–water partition coefficient (Wildman–Crippen LogP) is 1.40. The van der Waals surface area contributed by atoms with E-state index in [1.165, 1.54) is 18.6 Å². The number of amides is 2. The van der Waals surface area contributed by atoms with Crippen LogP contribution in [0.15, 0.2) is 0 Å². The predicted molar refractivity (Wildman–Crippen MR) is 73.5 cm³/mol. The minimum absolute atomic E-state index is 0.0170. The van der Waals surface area contributed by atoms with Crippen LogP contribution in [0.25, 0.3) is 0 Å². The first-order valence-corrected chi connectivity index (χ1v) is 7.95. The highest BCUT2D eigenvalue weighted by Gasteiger charge is 2.31. The van der Waals surface area contributed by atoms with E-state index < -0.39 is 0 Å². The van der Waals surface area contributed by atoms with Gasteiger partial charge in [-0.3, -0.25) is 9.59 Å². The topological polar surface area (TPSA) is 49.4 Å². The van der Waals surface area contributed by atoms with Gasteiger partial charge in [0.15, 0.2) is 0 Å². The number of carbonyl (C=O) groups excluding carboxylic acids is 2. The van der Waals surface area contributed by atoms with Crippen molar-refractivity contribution in [2.24, 2.45) is 0 Å². The maximum absolute atomic E-state index is 12.4. The van der Waals surface area contributed by atoms with Gasteiger partial charge in [0.2, 0.25) is 11.8 Å². The van der Waals surface area contributed by atoms with Gasteiger partial charge in [-0.25, -0.2) is 0 Å². The van der Waals surface area contributed by atoms with Gasteiger partial charge in [-0.2, -0.15) is 11.8 Å². The van der Waals surface area contributed by atoms with Crippen LogP contribution in [0.5, 0.6) is 0 Å². The second-order valence-corrected chi connectivity index (χ2v) is 6.49. The van der Waals surface area contributed by atoms with E-state index in [4.69, 9.17) is 0 Å². The molecule has 2 heterocycles. The Morgan fingerprint density at radius 2 is 2.28 bits per heavy atom. The molecule has 0 aromatic heterocycles. The first-order chi connectivity index (χ1) is 8.70. The van der Waals surface area contributed by atoms with Crippen LogP contribution >= 0.6 is 11.8 Å². The van der Waals surface area contributed by atoms with Crippen LogP contribution in [-0.2, 0) is 9.59 Å². The molecule has 1 N–H and O–H groups in total. The lowest BCUT2D eigenvalue weighted by Crippen LogP contribution is -2.46. The zero-order valence-corrected chi connectivity index (χ0v) is 11.8. The molecule has 2 unspecified atom stereocenters. The van der Waals surface area contributed by atoms with Crippen LogP contribution in [-0.4, -0.2) is 46.8 Å². The number of nitrogens with one attached hydrogen (secondary N) is 1. The summed E-state index contributed by atoms with van der Waals surface area (Å²) in [6.45, 7) is 3.45. The van der Waals surface area contributed by atoms with Crippen molar-refractivity contribution in [3.05, 3.63) is 0 Å². The van der Waals surface area contributed by atoms with Crippen LogP contribution in [0.3, 0.4) is 0 Å². The van der Waals surface area contributed by atoms with Crippen LogP contribution in [0.1, 0.15) is 39.0 Å². The number of rotatable bonds is 4. The fourth-order valence-electron chi connectivity index (χ4n) is 2.60. The maximum atomic E-state index is 12.4. The van der Waals surface area contributed by atoms with Crippen LogP contribution in [0.4, 0.5) is 0 Å². The Hall–Kier alpha value is -0.710. The van der Waals surface area contributed by atoms with Gasteiger partial charge in [-0.05, 0) is 25.0 Å². The molecule has 5 heteroatoms. The highest BCUT2D eigenvalue weighted by atomic mass is 32.2. The molecule has 2 aliphatic rings. The summed E-state index contributed by atoms with van der Waals surface area (Å²) in [7, 11) is 0. The number of nitrogens with zero attached hydrogens (tertiary/aromatic N) is 1. The van der Waals surface area contributed by atoms with E-state index in [-0.39, 0.29) is 17.9 Å². The Bertz CT molecular complexity index is 316. The minimum Gasteiger partial charge on any atom is -0.344 e. The average Bonchev–Trinajstić information content (AvgIpc) is 2.81. The molecular formula is C13H22N2O2S. The summed E-state index contributed by atoms with van der Waals surface area (Å²) < 4.78 is 0. The lowest BCUT2D eigenvalue weighted by molar-refractivity contribution is -0.133. The van der Waals surface area contributed by atoms with E-state index in [1.54, 1.807) is 0 Å². The number of carbonyl (C=O) groups is 2. The van der Waals surface area contributed by atoms with Crippen molar-refractivity contribution < 1.29 is 9.59 Å². The first-order valence-electron chi connectivity index (χ1n) is 6.90. The number of hydrogen-bond donors (Lipinski definition) is 1. The molecule has 0 saturated carbocycles. The van der Waals surface area contributed by atoms with Crippen molar-refractivity contribution in [3.63, 3.8) is 0 Å². The van der Waals surface area contributed by atoms with Crippen LogP contribution < -0.4 is 5.32 Å². The Morgan fingerprint density at radius 3 is 2.94 bits per heavy atom. The molecule has 0 bridgehead atoms. The zero-order chi connectivity index (χ0) is 13.0. The van der Waals surface area contributed by atoms with Crippen molar-refractivity contribution in [3.8, 4) is 0 Å². The van der Waals surface area contributed by atoms with Gasteiger partial charge in [0.1, 0.15) is 6.04 Å². The van der Waals surface area contributed by atoms with Gasteiger partial charge in [0.05, 0.1) is 0 Å². The van der Waals surface area contributed by atoms with Crippen molar-refractivity contribution in [1.82, 2.24) is 10.2 Å². The molecule has 0 aromatic rings. The molecule has 0 radical (unpaired) electrons. The maximum Gasteiger partial charge on any atom is 0.245 e. The molecule has 2 rings (SSSR count). The van der Waals surface area contributed by atoms with E-state index in [0.29, 0.717) is 18.2 Å². The van der Waals surface area contributed by atoms with E-state index in [9.17, 15) is 9.59 Å². The van der Waals surface area contributed by atoms with Crippen molar-refractivity contribution in [2.45, 2.75) is 50.3 Å². The zero-order valence-electron chi connectivity index (χ0n) is 11.0. The molecule has 0 aromatic carbocycles. The standard InChI is InChI=1S/C13H22N2O2S/c1-2-4-11-13(17)15(7-6-12(16)14-11)9-10-5-3-8-18-10/h10-11H,2-9H2,1H3,(H,14,16). The molecule has 2 amide bonds. The van der Waals surface area contributed by atoms with E-state index in [2.05, 4.69) is 5.32 Å². The minimum atomic E-state index is -0.295. The van der Waals surface area contributed by atoms with Crippen molar-refractivity contribution >= 4 is 23.6 Å². The van der Waals surface area contributed by atoms with Crippen LogP contribution in [0.2, 0.25) is 0 Å². The highest BCUT2D eigenvalue weighted by molar-refractivity contribution is 8.00. The third-order valence-corrected chi connectivity index (χ3v) is 4.96. The monoisotopic (exact) mass is 270 g/mol. The normalized spacial score (nSPS) is 29.3. The highest BCUT2D eigenvalue weighted by Crippen LogP contribution is 2.27. The van der Waals surface area contributed by atoms with Gasteiger partial charge >= 0.3 is 0 Å². The molecule has 0 aliphatic carbocycles. The molecule has 0 spiro atoms. The molecule has 4 nitrogen and oxygen atoms in total. The van der Waals surface area contributed by atoms with E-state index in [1.807, 2.05) is 23.6 Å². The lowest BCUT2D eigenvalue weighted by Gasteiger charge is -2.26. The smallest absolute Gasteiger partial charge is 0.245 e. The third kappa shape index (κ3) is 3.40. The lowest BCUT2D eigenvalue weighted by atomic mass is 10.1. The first kappa shape index (κ1) is 13.7. The van der Waals surface area contributed by atoms with Crippen molar-refractivity contribution in [1.29, 1.82) is 0 Å². The van der Waals surface area contributed by atoms with E-state index >= 15 is 0 Å². The Morgan fingerprint density at radius 1 is 1.44 bits per heavy atom. The fraction of sp³-hybridized carbons (Fsp3) is 0.846. The average molecular weight is 270 g/mol. The van der Waals surface area contributed by atoms with Gasteiger partial charge in [0.25, 0.3) is 0 Å². The summed E-state index contributed by atoms with van der Waals surface area (Å²) in [6.07, 6.45) is 4.58. The van der Waals surface area contributed by atoms with Gasteiger partial charge < -0.3 is 10.2 Å². The third-order valence-electron chi connectivity index (χ3n) is 3.58. The summed E-state index contributed by atoms with van der Waals surface area (Å²) in [5.74, 6) is 1.35. The van der Waals surface area contributed by atoms with Gasteiger partial charge in [-0.15, -0.1) is 0 Å². The molecule has 18 heavy (non-hydrogen) atoms. The number of hydrogen-bond acceptors (Lipinski definition) is 3. The summed E-state index contributed by atoms with van der Waals surface area (Å²) in [5.41, 5.74) is 0. The van der Waals surface area contributed by atoms with Crippen LogP contribution in [0, 0.1) is 0 Å². The Balaban J connectivity index is 1.98. The summed E-state index contributed by atoms with van der Waals surface area (Å²) in [6, 6.07) is -0.295. The van der Waals surface area contributed by atoms with Gasteiger partial charge in [-0.1, -0.05) is 13.3 Å². The van der Waals surface area contributed by atoms with Crippen molar-refractivity contribution in [2.75, 3.05) is 18.8 Å². The SMILES string of the molecule is CCCC1NC(=O)CCN(CC2CCCS2)C1=O. The second kappa shape index (κ2) is 6.45. The molecule has 2 saturated heterocycles. The second-order valence-electron chi connectivity index (χ2n) is 5.08. The fourth-order valence-corrected chi connectivity index (χ4v) is 3.88. The molecule has 2 fully saturated rings. The quantitative estimate of drug-likeness (QED) is 0.840. The summed E-state index contributed by atoms with van der Waals surface area (Å²) >= 11 is 1.96. The van der Waals surface area contributed by atoms with E-state index in [0.717, 1.165) is 19.4 Å². The largest absolute Gasteiger partial charge is 0.344 e. The summed E-state index contributed by atoms with van der Waals surface area (Å²) in [5, 5.41) is 3.42. The molecule has 2 aliphatic heterocycles. The molecular weight excluding hydrogens is 248 g/mol. The molecule has 102 valence electrons. The summed E-state index contributed by atoms with van der Waals surface area (Å²) in [4.78, 5) is 25.9. The Kier molecular flexibility index (Phi) is 4.92. The molecule has 2 atom stereocenters. The van der Waals surface area contributed by atoms with Gasteiger partial charge in [0, 0.05) is 24.8 Å². The number of thioether (sulfide) groups is 1.